The fraction of sp³-hybridized carbons (Fsp3) is 0.500. The summed E-state index contributed by atoms with van der Waals surface area (Å²) in [4.78, 5) is 11.7. The van der Waals surface area contributed by atoms with Crippen molar-refractivity contribution in [2.75, 3.05) is 5.32 Å². The van der Waals surface area contributed by atoms with Gasteiger partial charge in [-0.05, 0) is 43.9 Å². The Morgan fingerprint density at radius 3 is 2.41 bits per heavy atom. The van der Waals surface area contributed by atoms with E-state index in [4.69, 9.17) is 0 Å². The second kappa shape index (κ2) is 4.88. The van der Waals surface area contributed by atoms with Crippen LogP contribution in [-0.2, 0) is 4.79 Å². The van der Waals surface area contributed by atoms with Crippen LogP contribution in [0.3, 0.4) is 0 Å². The van der Waals surface area contributed by atoms with Gasteiger partial charge in [0.2, 0.25) is 0 Å². The molecule has 0 aliphatic rings. The Hall–Kier alpha value is -1.35. The normalized spacial score (nSPS) is 11.7. The zero-order valence-corrected chi connectivity index (χ0v) is 11.2. The number of amides is 1. The van der Waals surface area contributed by atoms with E-state index in [9.17, 15) is 9.90 Å². The van der Waals surface area contributed by atoms with E-state index in [1.165, 1.54) is 19.4 Å². The number of nitrogens with one attached hydrogen (secondary N) is 1. The summed E-state index contributed by atoms with van der Waals surface area (Å²) in [5.74, 6) is 0.0231. The molecular formula is C14H21NO2. The summed E-state index contributed by atoms with van der Waals surface area (Å²) >= 11 is 0. The van der Waals surface area contributed by atoms with Crippen LogP contribution in [0.4, 0.5) is 5.69 Å². The number of benzene rings is 1. The molecule has 0 bridgehead atoms. The highest BCUT2D eigenvalue weighted by molar-refractivity contribution is 5.97. The van der Waals surface area contributed by atoms with Crippen LogP contribution in [-0.4, -0.2) is 16.6 Å². The van der Waals surface area contributed by atoms with Crippen molar-refractivity contribution in [1.82, 2.24) is 0 Å². The fourth-order valence-electron chi connectivity index (χ4n) is 1.41. The molecule has 1 rings (SSSR count). The summed E-state index contributed by atoms with van der Waals surface area (Å²) in [5, 5.41) is 12.4. The average molecular weight is 235 g/mol. The van der Waals surface area contributed by atoms with E-state index in [-0.39, 0.29) is 5.91 Å². The number of aryl methyl sites for hydroxylation is 1. The summed E-state index contributed by atoms with van der Waals surface area (Å²) in [5.41, 5.74) is 1.57. The first-order chi connectivity index (χ1) is 7.71. The molecule has 0 aliphatic carbocycles. The molecule has 0 heterocycles. The van der Waals surface area contributed by atoms with Crippen LogP contribution >= 0.6 is 0 Å². The number of hydrogen-bond acceptors (Lipinski definition) is 2. The molecule has 0 aliphatic heterocycles. The average Bonchev–Trinajstić information content (AvgIpc) is 2.19. The fourth-order valence-corrected chi connectivity index (χ4v) is 1.41. The molecule has 0 saturated carbocycles. The Balaban J connectivity index is 2.98. The maximum atomic E-state index is 11.7. The van der Waals surface area contributed by atoms with Gasteiger partial charge in [0.05, 0.1) is 0 Å². The van der Waals surface area contributed by atoms with Gasteiger partial charge >= 0.3 is 0 Å². The van der Waals surface area contributed by atoms with Crippen LogP contribution in [0.25, 0.3) is 0 Å². The smallest absolute Gasteiger partial charge is 0.255 e. The van der Waals surface area contributed by atoms with E-state index in [1.807, 2.05) is 19.1 Å². The highest BCUT2D eigenvalue weighted by Crippen LogP contribution is 2.23. The van der Waals surface area contributed by atoms with Crippen molar-refractivity contribution < 1.29 is 9.90 Å². The number of rotatable bonds is 3. The number of anilines is 1. The third kappa shape index (κ3) is 3.56. The van der Waals surface area contributed by atoms with Gasteiger partial charge in [0.15, 0.2) is 0 Å². The van der Waals surface area contributed by atoms with Crippen LogP contribution in [0, 0.1) is 6.92 Å². The topological polar surface area (TPSA) is 49.3 Å². The van der Waals surface area contributed by atoms with Crippen molar-refractivity contribution >= 4 is 11.6 Å². The molecule has 0 atom stereocenters. The van der Waals surface area contributed by atoms with E-state index in [1.54, 1.807) is 0 Å². The maximum absolute atomic E-state index is 11.7. The summed E-state index contributed by atoms with van der Waals surface area (Å²) in [6.45, 7) is 9.09. The first kappa shape index (κ1) is 13.7. The number of carbonyl (C=O) groups is 1. The Bertz CT molecular complexity index is 417. The Kier molecular flexibility index (Phi) is 3.94. The number of aliphatic hydroxyl groups is 1. The van der Waals surface area contributed by atoms with Crippen LogP contribution in [0.1, 0.15) is 44.7 Å². The molecule has 1 aromatic rings. The predicted octanol–water partition coefficient (Wildman–Crippen LogP) is 2.83. The lowest BCUT2D eigenvalue weighted by atomic mass is 10.00. The van der Waals surface area contributed by atoms with Crippen molar-refractivity contribution in [3.63, 3.8) is 0 Å². The first-order valence-electron chi connectivity index (χ1n) is 5.86. The highest BCUT2D eigenvalue weighted by atomic mass is 16.3. The third-order valence-electron chi connectivity index (χ3n) is 2.73. The number of hydrogen-bond donors (Lipinski definition) is 2. The molecule has 3 heteroatoms. The standard InChI is InChI=1S/C14H21NO2/c1-9(2)11-7-6-10(3)12(8-11)15-13(16)14(4,5)17/h6-9,17H,1-5H3,(H,15,16). The zero-order valence-electron chi connectivity index (χ0n) is 11.2. The largest absolute Gasteiger partial charge is 0.381 e. The minimum atomic E-state index is -1.36. The van der Waals surface area contributed by atoms with Crippen molar-refractivity contribution in [3.8, 4) is 0 Å². The lowest BCUT2D eigenvalue weighted by Crippen LogP contribution is -2.36. The molecule has 0 spiro atoms. The summed E-state index contributed by atoms with van der Waals surface area (Å²) in [7, 11) is 0. The van der Waals surface area contributed by atoms with Gasteiger partial charge in [-0.25, -0.2) is 0 Å². The molecule has 1 aromatic carbocycles. The van der Waals surface area contributed by atoms with Crippen LogP contribution in [0.2, 0.25) is 0 Å². The molecule has 0 radical (unpaired) electrons. The van der Waals surface area contributed by atoms with Crippen molar-refractivity contribution in [3.05, 3.63) is 29.3 Å². The van der Waals surface area contributed by atoms with Gasteiger partial charge in [-0.15, -0.1) is 0 Å². The van der Waals surface area contributed by atoms with Gasteiger partial charge in [0, 0.05) is 5.69 Å². The van der Waals surface area contributed by atoms with Gasteiger partial charge in [0.1, 0.15) is 5.60 Å². The van der Waals surface area contributed by atoms with E-state index in [2.05, 4.69) is 25.2 Å². The molecule has 3 nitrogen and oxygen atoms in total. The molecule has 1 amide bonds. The number of carbonyl (C=O) groups excluding carboxylic acids is 1. The van der Waals surface area contributed by atoms with Crippen molar-refractivity contribution in [2.45, 2.75) is 46.1 Å². The first-order valence-corrected chi connectivity index (χ1v) is 5.86. The predicted molar refractivity (Wildman–Crippen MR) is 70.2 cm³/mol. The van der Waals surface area contributed by atoms with Crippen LogP contribution in [0.15, 0.2) is 18.2 Å². The van der Waals surface area contributed by atoms with Gasteiger partial charge in [-0.1, -0.05) is 26.0 Å². The molecule has 17 heavy (non-hydrogen) atoms. The van der Waals surface area contributed by atoms with E-state index in [0.29, 0.717) is 5.92 Å². The van der Waals surface area contributed by atoms with Crippen LogP contribution < -0.4 is 5.32 Å². The third-order valence-corrected chi connectivity index (χ3v) is 2.73. The molecular weight excluding hydrogens is 214 g/mol. The molecule has 94 valence electrons. The van der Waals surface area contributed by atoms with Crippen molar-refractivity contribution in [1.29, 1.82) is 0 Å². The molecule has 0 saturated heterocycles. The van der Waals surface area contributed by atoms with E-state index in [0.717, 1.165) is 11.3 Å². The van der Waals surface area contributed by atoms with Crippen LogP contribution in [0.5, 0.6) is 0 Å². The Labute approximate surface area is 103 Å². The maximum Gasteiger partial charge on any atom is 0.255 e. The summed E-state index contributed by atoms with van der Waals surface area (Å²) in [6.07, 6.45) is 0. The SMILES string of the molecule is Cc1ccc(C(C)C)cc1NC(=O)C(C)(C)O. The lowest BCUT2D eigenvalue weighted by Gasteiger charge is -2.18. The minimum Gasteiger partial charge on any atom is -0.381 e. The molecule has 0 aromatic heterocycles. The minimum absolute atomic E-state index is 0.387. The molecule has 0 fully saturated rings. The Morgan fingerprint density at radius 1 is 1.35 bits per heavy atom. The van der Waals surface area contributed by atoms with Gasteiger partial charge < -0.3 is 10.4 Å². The Morgan fingerprint density at radius 2 is 1.94 bits per heavy atom. The summed E-state index contributed by atoms with van der Waals surface area (Å²) in [6, 6.07) is 6.00. The molecule has 0 unspecified atom stereocenters. The monoisotopic (exact) mass is 235 g/mol. The second-order valence-corrected chi connectivity index (χ2v) is 5.24. The van der Waals surface area contributed by atoms with E-state index >= 15 is 0 Å². The van der Waals surface area contributed by atoms with Gasteiger partial charge in [-0.3, -0.25) is 4.79 Å². The second-order valence-electron chi connectivity index (χ2n) is 5.24. The van der Waals surface area contributed by atoms with Gasteiger partial charge in [-0.2, -0.15) is 0 Å². The lowest BCUT2D eigenvalue weighted by molar-refractivity contribution is -0.130. The quantitative estimate of drug-likeness (QED) is 0.846. The van der Waals surface area contributed by atoms with E-state index < -0.39 is 5.60 Å². The van der Waals surface area contributed by atoms with Crippen molar-refractivity contribution in [2.24, 2.45) is 0 Å². The zero-order chi connectivity index (χ0) is 13.2. The summed E-state index contributed by atoms with van der Waals surface area (Å²) < 4.78 is 0. The molecule has 2 N–H and O–H groups in total. The highest BCUT2D eigenvalue weighted by Gasteiger charge is 2.24. The van der Waals surface area contributed by atoms with Gasteiger partial charge in [0.25, 0.3) is 5.91 Å².